The lowest BCUT2D eigenvalue weighted by Crippen LogP contribution is -2.31. The standard InChI is InChI=1S/C16H16N4O6S/c1-17-27(25,26)14-4-5-15(16(9-14)20(23)24)18-7-6-11-2-3-13(19(21)22)8-12(11)10-18/h2-5,8-9,17H,6-7,10H2,1H3. The van der Waals surface area contributed by atoms with Crippen LogP contribution in [0.3, 0.4) is 0 Å². The van der Waals surface area contributed by atoms with Gasteiger partial charge in [0, 0.05) is 31.3 Å². The summed E-state index contributed by atoms with van der Waals surface area (Å²) in [5, 5.41) is 22.5. The summed E-state index contributed by atoms with van der Waals surface area (Å²) in [7, 11) is -2.59. The van der Waals surface area contributed by atoms with Gasteiger partial charge in [0.05, 0.1) is 14.7 Å². The smallest absolute Gasteiger partial charge is 0.293 e. The fourth-order valence-electron chi connectivity index (χ4n) is 3.06. The lowest BCUT2D eigenvalue weighted by atomic mass is 9.98. The number of nitrogens with zero attached hydrogens (tertiary/aromatic N) is 3. The molecule has 1 heterocycles. The average Bonchev–Trinajstić information content (AvgIpc) is 2.66. The molecule has 1 N–H and O–H groups in total. The van der Waals surface area contributed by atoms with E-state index in [9.17, 15) is 28.6 Å². The predicted octanol–water partition coefficient (Wildman–Crippen LogP) is 1.97. The lowest BCUT2D eigenvalue weighted by Gasteiger charge is -2.30. The first-order valence-corrected chi connectivity index (χ1v) is 9.44. The van der Waals surface area contributed by atoms with Gasteiger partial charge in [-0.1, -0.05) is 6.07 Å². The second kappa shape index (κ2) is 6.93. The van der Waals surface area contributed by atoms with Crippen molar-refractivity contribution in [1.82, 2.24) is 4.72 Å². The molecule has 0 aromatic heterocycles. The largest absolute Gasteiger partial charge is 0.361 e. The van der Waals surface area contributed by atoms with E-state index in [1.807, 2.05) is 0 Å². The van der Waals surface area contributed by atoms with Crippen LogP contribution in [0.2, 0.25) is 0 Å². The molecule has 0 saturated carbocycles. The van der Waals surface area contributed by atoms with E-state index in [1.54, 1.807) is 11.0 Å². The van der Waals surface area contributed by atoms with Crippen LogP contribution in [0.4, 0.5) is 17.1 Å². The summed E-state index contributed by atoms with van der Waals surface area (Å²) < 4.78 is 26.0. The van der Waals surface area contributed by atoms with E-state index in [0.29, 0.717) is 13.0 Å². The summed E-state index contributed by atoms with van der Waals surface area (Å²) in [6.07, 6.45) is 0.570. The van der Waals surface area contributed by atoms with Gasteiger partial charge >= 0.3 is 0 Å². The second-order valence-corrected chi connectivity index (χ2v) is 7.88. The Morgan fingerprint density at radius 1 is 1.04 bits per heavy atom. The number of hydrogen-bond donors (Lipinski definition) is 1. The number of rotatable bonds is 5. The predicted molar refractivity (Wildman–Crippen MR) is 97.2 cm³/mol. The van der Waals surface area contributed by atoms with Crippen molar-refractivity contribution >= 4 is 27.1 Å². The maximum Gasteiger partial charge on any atom is 0.293 e. The number of hydrogen-bond acceptors (Lipinski definition) is 7. The molecule has 0 amide bonds. The molecule has 0 spiro atoms. The number of non-ortho nitro benzene ring substituents is 1. The van der Waals surface area contributed by atoms with E-state index in [0.717, 1.165) is 17.2 Å². The molecule has 11 heteroatoms. The molecule has 10 nitrogen and oxygen atoms in total. The van der Waals surface area contributed by atoms with E-state index in [-0.39, 0.29) is 28.5 Å². The SMILES string of the molecule is CNS(=O)(=O)c1ccc(N2CCc3ccc([N+](=O)[O-])cc3C2)c([N+](=O)[O-])c1. The van der Waals surface area contributed by atoms with Crippen LogP contribution in [0.1, 0.15) is 11.1 Å². The fourth-order valence-corrected chi connectivity index (χ4v) is 3.81. The molecule has 1 aliphatic heterocycles. The van der Waals surface area contributed by atoms with Crippen LogP contribution in [0, 0.1) is 20.2 Å². The number of sulfonamides is 1. The van der Waals surface area contributed by atoms with Gasteiger partial charge in [-0.15, -0.1) is 0 Å². The molecule has 2 aromatic rings. The van der Waals surface area contributed by atoms with Crippen molar-refractivity contribution in [2.45, 2.75) is 17.9 Å². The highest BCUT2D eigenvalue weighted by Crippen LogP contribution is 2.34. The Morgan fingerprint density at radius 2 is 1.78 bits per heavy atom. The fraction of sp³-hybridized carbons (Fsp3) is 0.250. The van der Waals surface area contributed by atoms with Gasteiger partial charge in [-0.3, -0.25) is 20.2 Å². The summed E-state index contributed by atoms with van der Waals surface area (Å²) in [6, 6.07) is 8.31. The molecule has 27 heavy (non-hydrogen) atoms. The minimum absolute atomic E-state index is 0.0411. The molecule has 142 valence electrons. The number of nitro groups is 2. The number of anilines is 1. The summed E-state index contributed by atoms with van der Waals surface area (Å²) in [6.45, 7) is 0.736. The van der Waals surface area contributed by atoms with Gasteiger partial charge in [-0.2, -0.15) is 0 Å². The van der Waals surface area contributed by atoms with Crippen molar-refractivity contribution < 1.29 is 18.3 Å². The number of nitrogens with one attached hydrogen (secondary N) is 1. The van der Waals surface area contributed by atoms with Crippen LogP contribution in [0.25, 0.3) is 0 Å². The molecule has 0 saturated heterocycles. The van der Waals surface area contributed by atoms with Crippen LogP contribution < -0.4 is 9.62 Å². The number of fused-ring (bicyclic) bond motifs is 1. The maximum absolute atomic E-state index is 11.9. The van der Waals surface area contributed by atoms with Crippen LogP contribution in [0.5, 0.6) is 0 Å². The van der Waals surface area contributed by atoms with E-state index >= 15 is 0 Å². The van der Waals surface area contributed by atoms with Gasteiger partial charge in [0.15, 0.2) is 0 Å². The Morgan fingerprint density at radius 3 is 2.41 bits per heavy atom. The second-order valence-electron chi connectivity index (χ2n) is 6.00. The molecular formula is C16H16N4O6S. The lowest BCUT2D eigenvalue weighted by molar-refractivity contribution is -0.384. The first kappa shape index (κ1) is 18.7. The topological polar surface area (TPSA) is 136 Å². The Hall–Kier alpha value is -3.05. The zero-order chi connectivity index (χ0) is 19.8. The Kier molecular flexibility index (Phi) is 4.81. The molecule has 1 aliphatic rings. The zero-order valence-corrected chi connectivity index (χ0v) is 15.1. The van der Waals surface area contributed by atoms with Crippen molar-refractivity contribution in [1.29, 1.82) is 0 Å². The van der Waals surface area contributed by atoms with Crippen LogP contribution >= 0.6 is 0 Å². The van der Waals surface area contributed by atoms with Gasteiger partial charge in [0.1, 0.15) is 5.69 Å². The summed E-state index contributed by atoms with van der Waals surface area (Å²) in [5.74, 6) is 0. The Labute approximate surface area is 154 Å². The van der Waals surface area contributed by atoms with Crippen molar-refractivity contribution in [3.05, 3.63) is 67.8 Å². The highest BCUT2D eigenvalue weighted by molar-refractivity contribution is 7.89. The van der Waals surface area contributed by atoms with Crippen molar-refractivity contribution in [3.63, 3.8) is 0 Å². The normalized spacial score (nSPS) is 13.9. The van der Waals surface area contributed by atoms with Gasteiger partial charge < -0.3 is 4.90 Å². The van der Waals surface area contributed by atoms with Gasteiger partial charge in [0.2, 0.25) is 10.0 Å². The third-order valence-electron chi connectivity index (χ3n) is 4.48. The van der Waals surface area contributed by atoms with E-state index < -0.39 is 19.9 Å². The van der Waals surface area contributed by atoms with Crippen molar-refractivity contribution in [2.24, 2.45) is 0 Å². The van der Waals surface area contributed by atoms with Crippen molar-refractivity contribution in [2.75, 3.05) is 18.5 Å². The average molecular weight is 392 g/mol. The minimum Gasteiger partial charge on any atom is -0.361 e. The van der Waals surface area contributed by atoms with Crippen LogP contribution in [0.15, 0.2) is 41.3 Å². The third-order valence-corrected chi connectivity index (χ3v) is 5.89. The number of nitro benzene ring substituents is 2. The molecule has 0 unspecified atom stereocenters. The molecule has 0 radical (unpaired) electrons. The summed E-state index contributed by atoms with van der Waals surface area (Å²) in [4.78, 5) is 22.9. The molecule has 0 aliphatic carbocycles. The first-order chi connectivity index (χ1) is 12.7. The van der Waals surface area contributed by atoms with E-state index in [2.05, 4.69) is 4.72 Å². The van der Waals surface area contributed by atoms with Gasteiger partial charge in [-0.25, -0.2) is 13.1 Å². The zero-order valence-electron chi connectivity index (χ0n) is 14.3. The van der Waals surface area contributed by atoms with Crippen LogP contribution in [-0.4, -0.2) is 31.9 Å². The first-order valence-electron chi connectivity index (χ1n) is 7.96. The van der Waals surface area contributed by atoms with Crippen LogP contribution in [-0.2, 0) is 23.0 Å². The molecule has 0 fully saturated rings. The number of benzene rings is 2. The van der Waals surface area contributed by atoms with Gasteiger partial charge in [-0.05, 0) is 36.7 Å². The Balaban J connectivity index is 2.01. The summed E-state index contributed by atoms with van der Waals surface area (Å²) in [5.41, 5.74) is 1.57. The highest BCUT2D eigenvalue weighted by atomic mass is 32.2. The molecular weight excluding hydrogens is 376 g/mol. The third kappa shape index (κ3) is 3.59. The molecule has 3 rings (SSSR count). The molecule has 2 aromatic carbocycles. The van der Waals surface area contributed by atoms with Gasteiger partial charge in [0.25, 0.3) is 11.4 Å². The maximum atomic E-state index is 11.9. The molecule has 0 bridgehead atoms. The van der Waals surface area contributed by atoms with E-state index in [4.69, 9.17) is 0 Å². The minimum atomic E-state index is -3.81. The quantitative estimate of drug-likeness (QED) is 0.607. The van der Waals surface area contributed by atoms with Crippen molar-refractivity contribution in [3.8, 4) is 0 Å². The molecule has 0 atom stereocenters. The summed E-state index contributed by atoms with van der Waals surface area (Å²) >= 11 is 0. The van der Waals surface area contributed by atoms with E-state index in [1.165, 1.54) is 31.3 Å². The monoisotopic (exact) mass is 392 g/mol. The highest BCUT2D eigenvalue weighted by Gasteiger charge is 2.27. The Bertz CT molecular complexity index is 1040.